The molecule has 2 heterocycles. The SMILES string of the molecule is CC(O)C(O)c1nc(NCCCOc2cccc(CN3CCCCC3)c2)n[nH]1. The van der Waals surface area contributed by atoms with Crippen LogP contribution in [-0.4, -0.2) is 62.6 Å². The molecule has 0 bridgehead atoms. The van der Waals surface area contributed by atoms with Crippen LogP contribution in [0.3, 0.4) is 0 Å². The Hall–Kier alpha value is -2.16. The van der Waals surface area contributed by atoms with Crippen LogP contribution >= 0.6 is 0 Å². The van der Waals surface area contributed by atoms with E-state index in [1.165, 1.54) is 44.8 Å². The number of aromatic nitrogens is 3. The third kappa shape index (κ3) is 6.19. The molecule has 1 aromatic carbocycles. The molecule has 0 spiro atoms. The highest BCUT2D eigenvalue weighted by atomic mass is 16.5. The first-order valence-corrected chi connectivity index (χ1v) is 10.1. The summed E-state index contributed by atoms with van der Waals surface area (Å²) in [6, 6.07) is 8.33. The van der Waals surface area contributed by atoms with E-state index in [1.807, 2.05) is 6.07 Å². The van der Waals surface area contributed by atoms with Crippen LogP contribution in [0, 0.1) is 0 Å². The lowest BCUT2D eigenvalue weighted by molar-refractivity contribution is 0.0251. The Kier molecular flexibility index (Phi) is 7.64. The Balaban J connectivity index is 1.36. The van der Waals surface area contributed by atoms with Crippen molar-refractivity contribution in [3.63, 3.8) is 0 Å². The fourth-order valence-corrected chi connectivity index (χ4v) is 3.29. The topological polar surface area (TPSA) is 107 Å². The molecule has 4 N–H and O–H groups in total. The number of piperidine rings is 1. The van der Waals surface area contributed by atoms with Crippen LogP contribution in [0.25, 0.3) is 0 Å². The van der Waals surface area contributed by atoms with Gasteiger partial charge in [-0.05, 0) is 57.0 Å². The summed E-state index contributed by atoms with van der Waals surface area (Å²) in [5, 5.41) is 28.8. The van der Waals surface area contributed by atoms with Crippen molar-refractivity contribution in [3.8, 4) is 5.75 Å². The van der Waals surface area contributed by atoms with Gasteiger partial charge in [-0.25, -0.2) is 0 Å². The lowest BCUT2D eigenvalue weighted by atomic mass is 10.1. The number of nitrogens with zero attached hydrogens (tertiary/aromatic N) is 3. The molecule has 1 aromatic heterocycles. The summed E-state index contributed by atoms with van der Waals surface area (Å²) < 4.78 is 5.87. The Morgan fingerprint density at radius 2 is 2.07 bits per heavy atom. The molecule has 1 aliphatic heterocycles. The summed E-state index contributed by atoms with van der Waals surface area (Å²) in [4.78, 5) is 6.63. The predicted molar refractivity (Wildman–Crippen MR) is 107 cm³/mol. The third-order valence-electron chi connectivity index (χ3n) is 4.87. The molecule has 0 aliphatic carbocycles. The van der Waals surface area contributed by atoms with E-state index >= 15 is 0 Å². The van der Waals surface area contributed by atoms with Gasteiger partial charge in [-0.1, -0.05) is 18.6 Å². The van der Waals surface area contributed by atoms with Crippen LogP contribution in [0.5, 0.6) is 5.75 Å². The standard InChI is InChI=1S/C20H31N5O3/c1-15(26)18(27)19-22-20(24-23-19)21-9-6-12-28-17-8-5-7-16(13-17)14-25-10-3-2-4-11-25/h5,7-8,13,15,18,26-27H,2-4,6,9-12,14H2,1H3,(H2,21,22,23,24). The number of aromatic amines is 1. The minimum Gasteiger partial charge on any atom is -0.494 e. The van der Waals surface area contributed by atoms with Gasteiger partial charge in [-0.15, -0.1) is 5.10 Å². The second kappa shape index (κ2) is 10.4. The van der Waals surface area contributed by atoms with Gasteiger partial charge in [0.1, 0.15) is 11.9 Å². The molecule has 3 rings (SSSR count). The van der Waals surface area contributed by atoms with E-state index < -0.39 is 12.2 Å². The van der Waals surface area contributed by atoms with E-state index in [4.69, 9.17) is 4.74 Å². The highest BCUT2D eigenvalue weighted by molar-refractivity contribution is 5.28. The molecule has 2 atom stereocenters. The zero-order valence-electron chi connectivity index (χ0n) is 16.5. The number of rotatable bonds is 10. The molecule has 28 heavy (non-hydrogen) atoms. The molecule has 1 aliphatic rings. The molecular weight excluding hydrogens is 358 g/mol. The average Bonchev–Trinajstić information content (AvgIpc) is 3.17. The minimum atomic E-state index is -1.07. The molecule has 2 unspecified atom stereocenters. The molecule has 8 nitrogen and oxygen atoms in total. The quantitative estimate of drug-likeness (QED) is 0.461. The van der Waals surface area contributed by atoms with Gasteiger partial charge in [0.05, 0.1) is 12.7 Å². The number of aliphatic hydroxyl groups is 2. The molecule has 2 aromatic rings. The molecule has 1 saturated heterocycles. The summed E-state index contributed by atoms with van der Waals surface area (Å²) in [6.07, 6.45) is 2.77. The Labute approximate surface area is 165 Å². The van der Waals surface area contributed by atoms with Crippen molar-refractivity contribution in [2.24, 2.45) is 0 Å². The van der Waals surface area contributed by atoms with E-state index in [-0.39, 0.29) is 5.82 Å². The van der Waals surface area contributed by atoms with Gasteiger partial charge < -0.3 is 20.3 Å². The van der Waals surface area contributed by atoms with Crippen LogP contribution in [0.1, 0.15) is 50.1 Å². The summed E-state index contributed by atoms with van der Waals surface area (Å²) >= 11 is 0. The van der Waals surface area contributed by atoms with E-state index in [9.17, 15) is 10.2 Å². The lowest BCUT2D eigenvalue weighted by Crippen LogP contribution is -2.29. The summed E-state index contributed by atoms with van der Waals surface area (Å²) in [5.74, 6) is 1.55. The lowest BCUT2D eigenvalue weighted by Gasteiger charge is -2.26. The van der Waals surface area contributed by atoms with Gasteiger partial charge in [0.25, 0.3) is 0 Å². The first-order chi connectivity index (χ1) is 13.6. The average molecular weight is 390 g/mol. The number of hydrogen-bond donors (Lipinski definition) is 4. The normalized spacial score (nSPS) is 17.2. The number of anilines is 1. The molecule has 0 saturated carbocycles. The smallest absolute Gasteiger partial charge is 0.242 e. The van der Waals surface area contributed by atoms with Crippen LogP contribution < -0.4 is 10.1 Å². The van der Waals surface area contributed by atoms with Crippen LogP contribution in [0.15, 0.2) is 24.3 Å². The van der Waals surface area contributed by atoms with Crippen LogP contribution in [0.4, 0.5) is 5.95 Å². The van der Waals surface area contributed by atoms with E-state index in [2.05, 4.69) is 43.6 Å². The van der Waals surface area contributed by atoms with Gasteiger partial charge in [0, 0.05) is 13.1 Å². The number of likely N-dealkylation sites (tertiary alicyclic amines) is 1. The first kappa shape index (κ1) is 20.6. The molecule has 8 heteroatoms. The number of hydrogen-bond acceptors (Lipinski definition) is 7. The van der Waals surface area contributed by atoms with Crippen molar-refractivity contribution in [2.45, 2.75) is 51.4 Å². The monoisotopic (exact) mass is 389 g/mol. The summed E-state index contributed by atoms with van der Waals surface area (Å²) in [7, 11) is 0. The zero-order valence-corrected chi connectivity index (χ0v) is 16.5. The molecule has 154 valence electrons. The van der Waals surface area contributed by atoms with Gasteiger partial charge in [0.2, 0.25) is 5.95 Å². The highest BCUT2D eigenvalue weighted by Crippen LogP contribution is 2.18. The second-order valence-corrected chi connectivity index (χ2v) is 7.34. The van der Waals surface area contributed by atoms with Crippen LogP contribution in [-0.2, 0) is 6.54 Å². The van der Waals surface area contributed by atoms with E-state index in [1.54, 1.807) is 0 Å². The molecular formula is C20H31N5O3. The third-order valence-corrected chi connectivity index (χ3v) is 4.87. The summed E-state index contributed by atoms with van der Waals surface area (Å²) in [5.41, 5.74) is 1.29. The number of H-pyrrole nitrogens is 1. The van der Waals surface area contributed by atoms with Crippen molar-refractivity contribution >= 4 is 5.95 Å². The number of aliphatic hydroxyl groups excluding tert-OH is 2. The van der Waals surface area contributed by atoms with E-state index in [0.717, 1.165) is 18.7 Å². The predicted octanol–water partition coefficient (Wildman–Crippen LogP) is 2.09. The van der Waals surface area contributed by atoms with E-state index in [0.29, 0.717) is 19.1 Å². The maximum Gasteiger partial charge on any atom is 0.242 e. The fraction of sp³-hybridized carbons (Fsp3) is 0.600. The van der Waals surface area contributed by atoms with Crippen molar-refractivity contribution in [2.75, 3.05) is 31.6 Å². The number of benzene rings is 1. The van der Waals surface area contributed by atoms with Gasteiger partial charge in [0.15, 0.2) is 5.82 Å². The maximum atomic E-state index is 9.74. The van der Waals surface area contributed by atoms with Crippen molar-refractivity contribution < 1.29 is 14.9 Å². The number of nitrogens with one attached hydrogen (secondary N) is 2. The second-order valence-electron chi connectivity index (χ2n) is 7.34. The maximum absolute atomic E-state index is 9.74. The largest absolute Gasteiger partial charge is 0.494 e. The molecule has 0 amide bonds. The molecule has 1 fully saturated rings. The highest BCUT2D eigenvalue weighted by Gasteiger charge is 2.17. The fourth-order valence-electron chi connectivity index (χ4n) is 3.29. The van der Waals surface area contributed by atoms with Gasteiger partial charge >= 0.3 is 0 Å². The van der Waals surface area contributed by atoms with Crippen molar-refractivity contribution in [3.05, 3.63) is 35.7 Å². The minimum absolute atomic E-state index is 0.249. The summed E-state index contributed by atoms with van der Waals surface area (Å²) in [6.45, 7) is 6.11. The molecule has 0 radical (unpaired) electrons. The Morgan fingerprint density at radius 1 is 1.25 bits per heavy atom. The first-order valence-electron chi connectivity index (χ1n) is 10.1. The Bertz CT molecular complexity index is 715. The van der Waals surface area contributed by atoms with Crippen LogP contribution in [0.2, 0.25) is 0 Å². The number of ether oxygens (including phenoxy) is 1. The van der Waals surface area contributed by atoms with Crippen molar-refractivity contribution in [1.29, 1.82) is 0 Å². The van der Waals surface area contributed by atoms with Gasteiger partial charge in [-0.2, -0.15) is 4.98 Å². The van der Waals surface area contributed by atoms with Gasteiger partial charge in [-0.3, -0.25) is 10.00 Å². The zero-order chi connectivity index (χ0) is 19.8. The Morgan fingerprint density at radius 3 is 2.86 bits per heavy atom. The van der Waals surface area contributed by atoms with Crippen molar-refractivity contribution in [1.82, 2.24) is 20.1 Å².